The molecule has 0 bridgehead atoms. The quantitative estimate of drug-likeness (QED) is 0.325. The summed E-state index contributed by atoms with van der Waals surface area (Å²) in [7, 11) is 0. The van der Waals surface area contributed by atoms with Gasteiger partial charge in [-0.05, 0) is 42.0 Å². The summed E-state index contributed by atoms with van der Waals surface area (Å²) in [6.45, 7) is -2.94. The van der Waals surface area contributed by atoms with E-state index in [9.17, 15) is 23.7 Å². The minimum atomic E-state index is -2.94. The second kappa shape index (κ2) is 7.65. The Labute approximate surface area is 140 Å². The molecule has 124 valence electrons. The highest BCUT2D eigenvalue weighted by atomic mass is 35.5. The van der Waals surface area contributed by atoms with Gasteiger partial charge in [-0.15, -0.1) is 0 Å². The maximum Gasteiger partial charge on any atom is 0.387 e. The molecule has 0 N–H and O–H groups in total. The van der Waals surface area contributed by atoms with E-state index in [1.165, 1.54) is 54.6 Å². The Morgan fingerprint density at radius 3 is 2.46 bits per heavy atom. The molecule has 2 rings (SSSR count). The van der Waals surface area contributed by atoms with Gasteiger partial charge in [0.15, 0.2) is 5.78 Å². The Balaban J connectivity index is 2.13. The summed E-state index contributed by atoms with van der Waals surface area (Å²) in [6, 6.07) is 9.31. The zero-order valence-corrected chi connectivity index (χ0v) is 12.7. The summed E-state index contributed by atoms with van der Waals surface area (Å²) in [5.74, 6) is -0.449. The summed E-state index contributed by atoms with van der Waals surface area (Å²) in [6.07, 6.45) is 2.62. The number of nitrogens with zero attached hydrogens (tertiary/aromatic N) is 1. The highest BCUT2D eigenvalue weighted by molar-refractivity contribution is 6.32. The number of alkyl halides is 2. The molecule has 0 heterocycles. The summed E-state index contributed by atoms with van der Waals surface area (Å²) >= 11 is 5.70. The number of carbonyl (C=O) groups excluding carboxylic acids is 1. The molecule has 0 aromatic heterocycles. The summed E-state index contributed by atoms with van der Waals surface area (Å²) < 4.78 is 28.3. The number of ketones is 1. The van der Waals surface area contributed by atoms with Crippen LogP contribution in [-0.2, 0) is 0 Å². The molecule has 0 aliphatic heterocycles. The normalized spacial score (nSPS) is 11.0. The molecule has 0 saturated carbocycles. The first-order valence-corrected chi connectivity index (χ1v) is 6.96. The first-order valence-electron chi connectivity index (χ1n) is 6.58. The van der Waals surface area contributed by atoms with Gasteiger partial charge in [0.25, 0.3) is 5.69 Å². The number of hydrogen-bond acceptors (Lipinski definition) is 4. The van der Waals surface area contributed by atoms with Crippen molar-refractivity contribution in [2.75, 3.05) is 0 Å². The van der Waals surface area contributed by atoms with Crippen molar-refractivity contribution in [3.8, 4) is 5.75 Å². The van der Waals surface area contributed by atoms with Gasteiger partial charge < -0.3 is 4.74 Å². The molecule has 0 aliphatic rings. The summed E-state index contributed by atoms with van der Waals surface area (Å²) in [5, 5.41) is 10.8. The van der Waals surface area contributed by atoms with Crippen molar-refractivity contribution >= 4 is 29.1 Å². The largest absolute Gasteiger partial charge is 0.435 e. The number of halogens is 3. The van der Waals surface area contributed by atoms with E-state index in [4.69, 9.17) is 11.6 Å². The molecule has 0 unspecified atom stereocenters. The van der Waals surface area contributed by atoms with Crippen LogP contribution >= 0.6 is 11.6 Å². The minimum absolute atomic E-state index is 0.00176. The third-order valence-electron chi connectivity index (χ3n) is 2.96. The lowest BCUT2D eigenvalue weighted by molar-refractivity contribution is -0.384. The van der Waals surface area contributed by atoms with E-state index in [1.54, 1.807) is 0 Å². The topological polar surface area (TPSA) is 69.4 Å². The molecule has 2 aromatic rings. The molecule has 0 amide bonds. The summed E-state index contributed by atoms with van der Waals surface area (Å²) in [5.41, 5.74) is 0.424. The number of nitro groups is 1. The fourth-order valence-corrected chi connectivity index (χ4v) is 2.03. The van der Waals surface area contributed by atoms with E-state index < -0.39 is 17.3 Å². The zero-order valence-electron chi connectivity index (χ0n) is 12.0. The van der Waals surface area contributed by atoms with Crippen molar-refractivity contribution < 1.29 is 23.2 Å². The molecule has 8 heteroatoms. The Bertz CT molecular complexity index is 791. The van der Waals surface area contributed by atoms with Crippen LogP contribution in [0, 0.1) is 10.1 Å². The fraction of sp³-hybridized carbons (Fsp3) is 0.0625. The summed E-state index contributed by atoms with van der Waals surface area (Å²) in [4.78, 5) is 22.2. The highest BCUT2D eigenvalue weighted by Crippen LogP contribution is 2.25. The van der Waals surface area contributed by atoms with Gasteiger partial charge in [0.1, 0.15) is 10.8 Å². The first kappa shape index (κ1) is 17.6. The number of carbonyl (C=O) groups is 1. The van der Waals surface area contributed by atoms with Crippen LogP contribution in [-0.4, -0.2) is 17.3 Å². The van der Waals surface area contributed by atoms with E-state index >= 15 is 0 Å². The average Bonchev–Trinajstić information content (AvgIpc) is 2.53. The molecule has 0 spiro atoms. The molecule has 0 saturated heterocycles. The Hall–Kier alpha value is -2.80. The maximum absolute atomic E-state index is 12.0. The number of benzene rings is 2. The van der Waals surface area contributed by atoms with Crippen molar-refractivity contribution in [2.45, 2.75) is 6.61 Å². The number of ether oxygens (including phenoxy) is 1. The smallest absolute Gasteiger partial charge is 0.387 e. The third-order valence-corrected chi connectivity index (χ3v) is 3.28. The number of allylic oxidation sites excluding steroid dienone is 1. The predicted octanol–water partition coefficient (Wildman–Crippen LogP) is 4.75. The van der Waals surface area contributed by atoms with Crippen LogP contribution in [0.1, 0.15) is 15.9 Å². The molecule has 0 radical (unpaired) electrons. The second-order valence-electron chi connectivity index (χ2n) is 4.57. The average molecular weight is 354 g/mol. The van der Waals surface area contributed by atoms with Crippen LogP contribution in [0.5, 0.6) is 5.75 Å². The van der Waals surface area contributed by atoms with Crippen LogP contribution in [0.3, 0.4) is 0 Å². The lowest BCUT2D eigenvalue weighted by atomic mass is 10.1. The minimum Gasteiger partial charge on any atom is -0.435 e. The van der Waals surface area contributed by atoms with E-state index in [-0.39, 0.29) is 22.0 Å². The van der Waals surface area contributed by atoms with Gasteiger partial charge in [0.2, 0.25) is 0 Å². The van der Waals surface area contributed by atoms with Crippen LogP contribution in [0.4, 0.5) is 14.5 Å². The number of nitro benzene ring substituents is 1. The van der Waals surface area contributed by atoms with Crippen LogP contribution in [0.25, 0.3) is 6.08 Å². The van der Waals surface area contributed by atoms with Crippen molar-refractivity contribution in [1.82, 2.24) is 0 Å². The van der Waals surface area contributed by atoms with Crippen molar-refractivity contribution in [2.24, 2.45) is 0 Å². The van der Waals surface area contributed by atoms with Crippen LogP contribution in [0.15, 0.2) is 48.5 Å². The Morgan fingerprint density at radius 2 is 1.88 bits per heavy atom. The second-order valence-corrected chi connectivity index (χ2v) is 4.98. The molecule has 2 aromatic carbocycles. The number of rotatable bonds is 6. The molecule has 0 aliphatic carbocycles. The van der Waals surface area contributed by atoms with Gasteiger partial charge in [-0.3, -0.25) is 14.9 Å². The van der Waals surface area contributed by atoms with Crippen molar-refractivity contribution in [1.29, 1.82) is 0 Å². The highest BCUT2D eigenvalue weighted by Gasteiger charge is 2.12. The van der Waals surface area contributed by atoms with E-state index in [0.717, 1.165) is 0 Å². The molecule has 0 atom stereocenters. The number of hydrogen-bond donors (Lipinski definition) is 0. The van der Waals surface area contributed by atoms with Crippen molar-refractivity contribution in [3.05, 3.63) is 74.8 Å². The van der Waals surface area contributed by atoms with E-state index in [1.807, 2.05) is 0 Å². The SMILES string of the molecule is O=C(/C=C/c1ccc(Cl)c([N+](=O)[O-])c1)c1ccc(OC(F)F)cc1. The standard InChI is InChI=1S/C16H10ClF2NO4/c17-13-7-1-10(9-14(13)20(22)23)2-8-15(21)11-3-5-12(6-4-11)24-16(18)19/h1-9,16H/b8-2+. The third kappa shape index (κ3) is 4.60. The molecule has 5 nitrogen and oxygen atoms in total. The van der Waals surface area contributed by atoms with E-state index in [2.05, 4.69) is 4.74 Å². The van der Waals surface area contributed by atoms with Crippen molar-refractivity contribution in [3.63, 3.8) is 0 Å². The molecule has 0 fully saturated rings. The van der Waals surface area contributed by atoms with Gasteiger partial charge in [-0.1, -0.05) is 23.7 Å². The molecule has 24 heavy (non-hydrogen) atoms. The monoisotopic (exact) mass is 353 g/mol. The predicted molar refractivity (Wildman–Crippen MR) is 84.5 cm³/mol. The molecular formula is C16H10ClF2NO4. The lowest BCUT2D eigenvalue weighted by Crippen LogP contribution is -2.02. The van der Waals surface area contributed by atoms with Gasteiger partial charge in [0.05, 0.1) is 4.92 Å². The van der Waals surface area contributed by atoms with Gasteiger partial charge in [-0.2, -0.15) is 8.78 Å². The first-order chi connectivity index (χ1) is 11.4. The van der Waals surface area contributed by atoms with Crippen LogP contribution < -0.4 is 4.74 Å². The molecular weight excluding hydrogens is 344 g/mol. The zero-order chi connectivity index (χ0) is 17.7. The van der Waals surface area contributed by atoms with Gasteiger partial charge >= 0.3 is 6.61 Å². The van der Waals surface area contributed by atoms with Gasteiger partial charge in [-0.25, -0.2) is 0 Å². The Morgan fingerprint density at radius 1 is 1.21 bits per heavy atom. The fourth-order valence-electron chi connectivity index (χ4n) is 1.84. The van der Waals surface area contributed by atoms with Crippen LogP contribution in [0.2, 0.25) is 5.02 Å². The Kier molecular flexibility index (Phi) is 5.59. The van der Waals surface area contributed by atoms with E-state index in [0.29, 0.717) is 5.56 Å². The lowest BCUT2D eigenvalue weighted by Gasteiger charge is -2.04. The maximum atomic E-state index is 12.0. The van der Waals surface area contributed by atoms with Gasteiger partial charge in [0, 0.05) is 11.6 Å².